The van der Waals surface area contributed by atoms with Crippen molar-refractivity contribution >= 4 is 28.9 Å². The molecular formula is C10H7N5. The van der Waals surface area contributed by atoms with Gasteiger partial charge in [0, 0.05) is 17.2 Å². The molecule has 0 unspecified atom stereocenters. The Morgan fingerprint density at radius 1 is 1.20 bits per heavy atom. The summed E-state index contributed by atoms with van der Waals surface area (Å²) >= 11 is 0. The fraction of sp³-hybridized carbons (Fsp3) is 0. The fourth-order valence-corrected chi connectivity index (χ4v) is 1.56. The van der Waals surface area contributed by atoms with E-state index in [9.17, 15) is 0 Å². The molecule has 1 aromatic carbocycles. The Morgan fingerprint density at radius 3 is 3.20 bits per heavy atom. The van der Waals surface area contributed by atoms with Crippen molar-refractivity contribution in [2.75, 3.05) is 5.43 Å². The Kier molecular flexibility index (Phi) is 1.68. The number of hydrogen-bond acceptors (Lipinski definition) is 5. The molecule has 5 heteroatoms. The molecule has 3 rings (SSSR count). The first-order valence-electron chi connectivity index (χ1n) is 4.52. The van der Waals surface area contributed by atoms with Crippen molar-refractivity contribution in [2.45, 2.75) is 0 Å². The van der Waals surface area contributed by atoms with Gasteiger partial charge in [-0.15, -0.1) is 10.2 Å². The summed E-state index contributed by atoms with van der Waals surface area (Å²) in [6.07, 6.45) is 7.25. The summed E-state index contributed by atoms with van der Waals surface area (Å²) in [5.74, 6) is 0. The third-order valence-corrected chi connectivity index (χ3v) is 2.26. The number of anilines is 1. The van der Waals surface area contributed by atoms with Crippen LogP contribution in [0.5, 0.6) is 0 Å². The van der Waals surface area contributed by atoms with Crippen LogP contribution in [0, 0.1) is 0 Å². The van der Waals surface area contributed by atoms with E-state index in [0.717, 1.165) is 22.2 Å². The third kappa shape index (κ3) is 1.25. The monoisotopic (exact) mass is 197 g/mol. The molecule has 0 fully saturated rings. The predicted octanol–water partition coefficient (Wildman–Crippen LogP) is 1.45. The van der Waals surface area contributed by atoms with Gasteiger partial charge in [-0.3, -0.25) is 5.43 Å². The summed E-state index contributed by atoms with van der Waals surface area (Å²) in [6.45, 7) is 0. The largest absolute Gasteiger partial charge is 0.277 e. The molecule has 0 atom stereocenters. The van der Waals surface area contributed by atoms with Crippen molar-refractivity contribution in [2.24, 2.45) is 5.10 Å². The third-order valence-electron chi connectivity index (χ3n) is 2.26. The number of aromatic nitrogens is 3. The average Bonchev–Trinajstić information content (AvgIpc) is 2.54. The van der Waals surface area contributed by atoms with Crippen LogP contribution in [0.1, 0.15) is 5.56 Å². The fourth-order valence-electron chi connectivity index (χ4n) is 1.56. The molecule has 1 aliphatic rings. The van der Waals surface area contributed by atoms with Gasteiger partial charge in [0.2, 0.25) is 0 Å². The number of nitrogens with zero attached hydrogens (tertiary/aromatic N) is 4. The molecule has 1 aliphatic heterocycles. The maximum Gasteiger partial charge on any atom is 0.0985 e. The van der Waals surface area contributed by atoms with E-state index < -0.39 is 0 Å². The molecule has 0 saturated heterocycles. The maximum absolute atomic E-state index is 4.02. The number of nitrogens with one attached hydrogen (secondary N) is 1. The van der Waals surface area contributed by atoms with Gasteiger partial charge in [-0.2, -0.15) is 5.10 Å². The topological polar surface area (TPSA) is 63.1 Å². The Balaban J connectivity index is 2.38. The zero-order valence-electron chi connectivity index (χ0n) is 7.75. The van der Waals surface area contributed by atoms with Crippen LogP contribution in [0.2, 0.25) is 0 Å². The minimum atomic E-state index is 0.807. The summed E-state index contributed by atoms with van der Waals surface area (Å²) in [7, 11) is 0. The maximum atomic E-state index is 4.02. The number of allylic oxidation sites excluding steroid dienone is 1. The summed E-state index contributed by atoms with van der Waals surface area (Å²) in [6, 6.07) is 3.89. The molecule has 0 bridgehead atoms. The van der Waals surface area contributed by atoms with Gasteiger partial charge in [-0.25, -0.2) is 0 Å². The van der Waals surface area contributed by atoms with E-state index in [4.69, 9.17) is 0 Å². The molecule has 0 spiro atoms. The summed E-state index contributed by atoms with van der Waals surface area (Å²) in [5, 5.41) is 16.3. The van der Waals surface area contributed by atoms with E-state index >= 15 is 0 Å². The molecule has 1 aromatic heterocycles. The minimum absolute atomic E-state index is 0.807. The number of hydrogen-bond donors (Lipinski definition) is 1. The highest BCUT2D eigenvalue weighted by molar-refractivity contribution is 5.97. The number of hydrazone groups is 1. The molecule has 2 aromatic rings. The highest BCUT2D eigenvalue weighted by Crippen LogP contribution is 2.27. The van der Waals surface area contributed by atoms with Crippen LogP contribution >= 0.6 is 0 Å². The highest BCUT2D eigenvalue weighted by atomic mass is 15.3. The van der Waals surface area contributed by atoms with Gasteiger partial charge >= 0.3 is 0 Å². The lowest BCUT2D eigenvalue weighted by Crippen LogP contribution is -1.95. The van der Waals surface area contributed by atoms with E-state index in [1.807, 2.05) is 24.3 Å². The number of fused-ring (bicyclic) bond motifs is 3. The van der Waals surface area contributed by atoms with Crippen molar-refractivity contribution in [1.82, 2.24) is 15.4 Å². The molecule has 0 aliphatic carbocycles. The minimum Gasteiger partial charge on any atom is -0.277 e. The van der Waals surface area contributed by atoms with E-state index in [2.05, 4.69) is 25.9 Å². The van der Waals surface area contributed by atoms with Gasteiger partial charge in [-0.05, 0) is 17.4 Å². The van der Waals surface area contributed by atoms with Crippen molar-refractivity contribution in [1.29, 1.82) is 0 Å². The lowest BCUT2D eigenvalue weighted by Gasteiger charge is -2.06. The van der Waals surface area contributed by atoms with E-state index in [0.29, 0.717) is 0 Å². The van der Waals surface area contributed by atoms with Crippen LogP contribution in [0.3, 0.4) is 0 Å². The second-order valence-electron chi connectivity index (χ2n) is 3.15. The van der Waals surface area contributed by atoms with Crippen LogP contribution in [0.15, 0.2) is 29.5 Å². The van der Waals surface area contributed by atoms with E-state index in [-0.39, 0.29) is 0 Å². The van der Waals surface area contributed by atoms with Gasteiger partial charge in [0.25, 0.3) is 0 Å². The first kappa shape index (κ1) is 8.05. The van der Waals surface area contributed by atoms with E-state index in [1.165, 1.54) is 0 Å². The van der Waals surface area contributed by atoms with Crippen molar-refractivity contribution in [3.8, 4) is 0 Å². The molecule has 0 radical (unpaired) electrons. The Bertz CT molecular complexity index is 573. The first-order valence-corrected chi connectivity index (χ1v) is 4.52. The molecule has 5 nitrogen and oxygen atoms in total. The molecule has 1 N–H and O–H groups in total. The van der Waals surface area contributed by atoms with Crippen molar-refractivity contribution in [3.63, 3.8) is 0 Å². The van der Waals surface area contributed by atoms with Crippen LogP contribution in [-0.2, 0) is 0 Å². The zero-order chi connectivity index (χ0) is 10.1. The highest BCUT2D eigenvalue weighted by Gasteiger charge is 2.07. The quantitative estimate of drug-likeness (QED) is 0.694. The summed E-state index contributed by atoms with van der Waals surface area (Å²) in [5.41, 5.74) is 5.76. The zero-order valence-corrected chi connectivity index (χ0v) is 7.75. The lowest BCUT2D eigenvalue weighted by molar-refractivity contribution is 0.895. The Morgan fingerprint density at radius 2 is 2.20 bits per heavy atom. The standard InChI is InChI=1S/C10H7N5/c1-2-7-3-4-9-8(6-12-15-13-9)10(7)14-11-5-1/h1-6,14H. The van der Waals surface area contributed by atoms with Crippen molar-refractivity contribution in [3.05, 3.63) is 30.0 Å². The van der Waals surface area contributed by atoms with Crippen LogP contribution < -0.4 is 5.43 Å². The second kappa shape index (κ2) is 3.13. The molecular weight excluding hydrogens is 190 g/mol. The summed E-state index contributed by atoms with van der Waals surface area (Å²) < 4.78 is 0. The molecule has 0 amide bonds. The second-order valence-corrected chi connectivity index (χ2v) is 3.15. The van der Waals surface area contributed by atoms with Crippen LogP contribution in [-0.4, -0.2) is 21.6 Å². The molecule has 2 heterocycles. The van der Waals surface area contributed by atoms with Crippen LogP contribution in [0.4, 0.5) is 5.69 Å². The predicted molar refractivity (Wildman–Crippen MR) is 58.5 cm³/mol. The van der Waals surface area contributed by atoms with Gasteiger partial charge < -0.3 is 0 Å². The molecule has 72 valence electrons. The Hall–Kier alpha value is -2.30. The van der Waals surface area contributed by atoms with Gasteiger partial charge in [0.1, 0.15) is 0 Å². The lowest BCUT2D eigenvalue weighted by atomic mass is 10.1. The van der Waals surface area contributed by atoms with Crippen molar-refractivity contribution < 1.29 is 0 Å². The molecule has 0 saturated carbocycles. The van der Waals surface area contributed by atoms with Gasteiger partial charge in [-0.1, -0.05) is 12.1 Å². The normalized spacial score (nSPS) is 13.3. The Labute approximate surface area is 85.5 Å². The van der Waals surface area contributed by atoms with Gasteiger partial charge in [0.15, 0.2) is 0 Å². The summed E-state index contributed by atoms with van der Waals surface area (Å²) in [4.78, 5) is 0. The molecule has 15 heavy (non-hydrogen) atoms. The van der Waals surface area contributed by atoms with E-state index in [1.54, 1.807) is 12.4 Å². The first-order chi connectivity index (χ1) is 7.45. The smallest absolute Gasteiger partial charge is 0.0985 e. The average molecular weight is 197 g/mol. The van der Waals surface area contributed by atoms with Crippen LogP contribution in [0.25, 0.3) is 17.0 Å². The number of benzene rings is 1. The van der Waals surface area contributed by atoms with Gasteiger partial charge in [0.05, 0.1) is 17.4 Å². The number of rotatable bonds is 0. The SMILES string of the molecule is C1=Cc2ccc3nnncc3c2NN=C1.